The fourth-order valence-corrected chi connectivity index (χ4v) is 6.29. The summed E-state index contributed by atoms with van der Waals surface area (Å²) in [4.78, 5) is 17.9. The van der Waals surface area contributed by atoms with Gasteiger partial charge in [0, 0.05) is 37.8 Å². The van der Waals surface area contributed by atoms with Gasteiger partial charge < -0.3 is 10.2 Å². The Kier molecular flexibility index (Phi) is 9.16. The summed E-state index contributed by atoms with van der Waals surface area (Å²) < 4.78 is 63.3. The zero-order chi connectivity index (χ0) is 29.1. The number of benzene rings is 2. The Hall–Kier alpha value is -2.63. The summed E-state index contributed by atoms with van der Waals surface area (Å²) in [6.07, 6.45) is 2.58. The molecule has 2 aromatic carbocycles. The Morgan fingerprint density at radius 1 is 0.975 bits per heavy atom. The summed E-state index contributed by atoms with van der Waals surface area (Å²) >= 11 is 0. The van der Waals surface area contributed by atoms with Crippen LogP contribution in [0.25, 0.3) is 0 Å². The highest BCUT2D eigenvalue weighted by Gasteiger charge is 2.46. The summed E-state index contributed by atoms with van der Waals surface area (Å²) in [7, 11) is -5.51. The average molecular weight is 581 g/mol. The van der Waals surface area contributed by atoms with Gasteiger partial charge in [-0.2, -0.15) is 21.6 Å². The van der Waals surface area contributed by atoms with E-state index < -0.39 is 15.5 Å². The lowest BCUT2D eigenvalue weighted by atomic mass is 9.82. The van der Waals surface area contributed by atoms with Gasteiger partial charge in [0.2, 0.25) is 5.91 Å². The van der Waals surface area contributed by atoms with Crippen molar-refractivity contribution < 1.29 is 26.4 Å². The highest BCUT2D eigenvalue weighted by atomic mass is 32.2. The molecule has 0 aliphatic carbocycles. The van der Waals surface area contributed by atoms with Gasteiger partial charge in [-0.15, -0.1) is 0 Å². The zero-order valence-electron chi connectivity index (χ0n) is 23.2. The number of carbonyl (C=O) groups excluding carboxylic acids is 1. The van der Waals surface area contributed by atoms with Crippen LogP contribution in [-0.2, 0) is 14.8 Å². The highest BCUT2D eigenvalue weighted by molar-refractivity contribution is 7.93. The second kappa shape index (κ2) is 12.1. The van der Waals surface area contributed by atoms with Gasteiger partial charge in [-0.3, -0.25) is 14.4 Å². The Labute approximate surface area is 235 Å². The fraction of sp³-hybridized carbons (Fsp3) is 0.552. The number of halogens is 3. The highest BCUT2D eigenvalue weighted by Crippen LogP contribution is 2.36. The van der Waals surface area contributed by atoms with Gasteiger partial charge in [0.25, 0.3) is 0 Å². The van der Waals surface area contributed by atoms with Crippen LogP contribution < -0.4 is 10.0 Å². The number of piperidine rings is 1. The summed E-state index contributed by atoms with van der Waals surface area (Å²) in [5.74, 6) is 0.599. The molecule has 0 spiro atoms. The number of carbonyl (C=O) groups is 1. The molecule has 2 aromatic rings. The Bertz CT molecular complexity index is 1240. The number of hydrogen-bond acceptors (Lipinski definition) is 5. The van der Waals surface area contributed by atoms with E-state index in [1.807, 2.05) is 30.3 Å². The largest absolute Gasteiger partial charge is 0.516 e. The minimum Gasteiger partial charge on any atom is -0.337 e. The number of piperazine rings is 1. The number of alkyl halides is 3. The molecular formula is C29H39F3N4O3S. The summed E-state index contributed by atoms with van der Waals surface area (Å²) in [6.45, 7) is 10.2. The molecule has 0 saturated carbocycles. The van der Waals surface area contributed by atoms with Gasteiger partial charge in [0.15, 0.2) is 0 Å². The SMILES string of the molecule is CC(C)(C)[C@H]1CN(C(c2ccccc2)c2ccc(NS(=O)(=O)C(F)(F)F)cc2)CCN1C(=O)CC1CCNCC1. The Balaban J connectivity index is 1.58. The van der Waals surface area contributed by atoms with Crippen molar-refractivity contribution in [2.24, 2.45) is 11.3 Å². The molecule has 0 radical (unpaired) electrons. The number of anilines is 1. The van der Waals surface area contributed by atoms with E-state index in [0.29, 0.717) is 32.0 Å². The van der Waals surface area contributed by atoms with E-state index in [-0.39, 0.29) is 29.1 Å². The maximum Gasteiger partial charge on any atom is 0.516 e. The van der Waals surface area contributed by atoms with Crippen LogP contribution in [-0.4, -0.2) is 68.4 Å². The van der Waals surface area contributed by atoms with Crippen molar-refractivity contribution in [1.82, 2.24) is 15.1 Å². The first-order valence-electron chi connectivity index (χ1n) is 13.7. The molecule has 0 aromatic heterocycles. The van der Waals surface area contributed by atoms with Crippen LogP contribution in [0.2, 0.25) is 0 Å². The monoisotopic (exact) mass is 580 g/mol. The fourth-order valence-electron chi connectivity index (χ4n) is 5.72. The van der Waals surface area contributed by atoms with E-state index in [1.54, 1.807) is 16.9 Å². The molecule has 4 rings (SSSR count). The molecule has 2 aliphatic heterocycles. The number of rotatable bonds is 7. The van der Waals surface area contributed by atoms with E-state index in [9.17, 15) is 26.4 Å². The number of sulfonamides is 1. The molecule has 7 nitrogen and oxygen atoms in total. The van der Waals surface area contributed by atoms with E-state index in [2.05, 4.69) is 35.9 Å². The van der Waals surface area contributed by atoms with Crippen LogP contribution in [0, 0.1) is 11.3 Å². The van der Waals surface area contributed by atoms with Gasteiger partial charge >= 0.3 is 15.5 Å². The van der Waals surface area contributed by atoms with Crippen LogP contribution in [0.5, 0.6) is 0 Å². The minimum absolute atomic E-state index is 0.0282. The standard InChI is InChI=1S/C29H39F3N4O3S/c1-28(2,3)25-20-35(17-18-36(25)26(37)19-21-13-15-33-16-14-21)27(22-7-5-4-6-8-22)23-9-11-24(12-10-23)34-40(38,39)29(30,31)32/h4-12,21,25,27,33-34H,13-20H2,1-3H3/t25-,27?/m1/s1. The van der Waals surface area contributed by atoms with Crippen molar-refractivity contribution in [3.8, 4) is 0 Å². The van der Waals surface area contributed by atoms with Crippen molar-refractivity contribution in [1.29, 1.82) is 0 Å². The molecule has 11 heteroatoms. The van der Waals surface area contributed by atoms with Crippen LogP contribution >= 0.6 is 0 Å². The third-order valence-electron chi connectivity index (χ3n) is 7.92. The van der Waals surface area contributed by atoms with E-state index in [0.717, 1.165) is 37.1 Å². The predicted molar refractivity (Wildman–Crippen MR) is 150 cm³/mol. The molecule has 2 N–H and O–H groups in total. The minimum atomic E-state index is -5.51. The second-order valence-corrected chi connectivity index (χ2v) is 13.5. The molecule has 40 heavy (non-hydrogen) atoms. The van der Waals surface area contributed by atoms with Crippen molar-refractivity contribution in [3.05, 3.63) is 65.7 Å². The summed E-state index contributed by atoms with van der Waals surface area (Å²) in [5, 5.41) is 3.36. The lowest BCUT2D eigenvalue weighted by Gasteiger charge is -2.49. The van der Waals surface area contributed by atoms with E-state index in [4.69, 9.17) is 0 Å². The molecule has 2 aliphatic rings. The molecule has 220 valence electrons. The number of amides is 1. The molecule has 0 bridgehead atoms. The van der Waals surface area contributed by atoms with Crippen LogP contribution in [0.1, 0.15) is 57.2 Å². The number of nitrogens with one attached hydrogen (secondary N) is 2. The Morgan fingerprint density at radius 2 is 1.57 bits per heavy atom. The van der Waals surface area contributed by atoms with Crippen molar-refractivity contribution >= 4 is 21.6 Å². The van der Waals surface area contributed by atoms with E-state index in [1.165, 1.54) is 12.1 Å². The quantitative estimate of drug-likeness (QED) is 0.483. The van der Waals surface area contributed by atoms with Gasteiger partial charge in [-0.05, 0) is 60.5 Å². The second-order valence-electron chi connectivity index (χ2n) is 11.8. The first-order chi connectivity index (χ1) is 18.8. The lowest BCUT2D eigenvalue weighted by Crippen LogP contribution is -2.60. The summed E-state index contributed by atoms with van der Waals surface area (Å²) in [5.41, 5.74) is -3.90. The van der Waals surface area contributed by atoms with Crippen LogP contribution in [0.4, 0.5) is 18.9 Å². The molecule has 1 unspecified atom stereocenters. The maximum absolute atomic E-state index is 13.5. The first-order valence-corrected chi connectivity index (χ1v) is 15.2. The normalized spacial score (nSPS) is 20.8. The Morgan fingerprint density at radius 3 is 2.15 bits per heavy atom. The third kappa shape index (κ3) is 7.16. The zero-order valence-corrected chi connectivity index (χ0v) is 24.1. The lowest BCUT2D eigenvalue weighted by molar-refractivity contribution is -0.141. The van der Waals surface area contributed by atoms with Gasteiger partial charge in [-0.1, -0.05) is 63.2 Å². The van der Waals surface area contributed by atoms with Crippen LogP contribution in [0.15, 0.2) is 54.6 Å². The smallest absolute Gasteiger partial charge is 0.337 e. The van der Waals surface area contributed by atoms with Crippen molar-refractivity contribution in [2.75, 3.05) is 37.4 Å². The maximum atomic E-state index is 13.5. The summed E-state index contributed by atoms with van der Waals surface area (Å²) in [6, 6.07) is 15.6. The number of hydrogen-bond donors (Lipinski definition) is 2. The van der Waals surface area contributed by atoms with E-state index >= 15 is 0 Å². The van der Waals surface area contributed by atoms with Gasteiger partial charge in [-0.25, -0.2) is 0 Å². The van der Waals surface area contributed by atoms with Gasteiger partial charge in [0.1, 0.15) is 0 Å². The number of nitrogens with zero attached hydrogens (tertiary/aromatic N) is 2. The predicted octanol–water partition coefficient (Wildman–Crippen LogP) is 4.99. The third-order valence-corrected chi connectivity index (χ3v) is 9.03. The molecule has 2 fully saturated rings. The topological polar surface area (TPSA) is 81.8 Å². The molecular weight excluding hydrogens is 541 g/mol. The average Bonchev–Trinajstić information content (AvgIpc) is 2.90. The van der Waals surface area contributed by atoms with Crippen LogP contribution in [0.3, 0.4) is 0 Å². The molecule has 1 amide bonds. The molecule has 2 heterocycles. The van der Waals surface area contributed by atoms with Crippen molar-refractivity contribution in [3.63, 3.8) is 0 Å². The molecule has 2 saturated heterocycles. The van der Waals surface area contributed by atoms with Gasteiger partial charge in [0.05, 0.1) is 6.04 Å². The van der Waals surface area contributed by atoms with Crippen molar-refractivity contribution in [2.45, 2.75) is 57.6 Å². The molecule has 2 atom stereocenters. The first kappa shape index (κ1) is 30.3.